The predicted molar refractivity (Wildman–Crippen MR) is 135 cm³/mol. The maximum atomic E-state index is 6.59. The molecule has 1 heterocycles. The van der Waals surface area contributed by atoms with Gasteiger partial charge < -0.3 is 4.43 Å². The zero-order valence-corrected chi connectivity index (χ0v) is 23.2. The van der Waals surface area contributed by atoms with Gasteiger partial charge in [0.2, 0.25) is 0 Å². The van der Waals surface area contributed by atoms with E-state index in [1.165, 1.54) is 61.4 Å². The number of rotatable bonds is 12. The summed E-state index contributed by atoms with van der Waals surface area (Å²) < 4.78 is 6.59. The second-order valence-corrected chi connectivity index (χ2v) is 20.6. The fourth-order valence-corrected chi connectivity index (χ4v) is 10.6. The predicted octanol–water partition coefficient (Wildman–Crippen LogP) is 8.92. The van der Waals surface area contributed by atoms with Crippen molar-refractivity contribution in [2.75, 3.05) is 19.0 Å². The zero-order valence-electron chi connectivity index (χ0n) is 20.4. The van der Waals surface area contributed by atoms with E-state index in [4.69, 9.17) is 9.41 Å². The average Bonchev–Trinajstić information content (AvgIpc) is 2.94. The van der Waals surface area contributed by atoms with Gasteiger partial charge in [-0.3, -0.25) is 0 Å². The van der Waals surface area contributed by atoms with E-state index in [9.17, 15) is 0 Å². The molecule has 0 fully saturated rings. The van der Waals surface area contributed by atoms with Crippen LogP contribution in [0.1, 0.15) is 96.3 Å². The molecule has 2 nitrogen and oxygen atoms in total. The van der Waals surface area contributed by atoms with Gasteiger partial charge >= 0.3 is 0 Å². The molecule has 5 heteroatoms. The molecule has 1 aromatic heterocycles. The molecule has 0 saturated heterocycles. The van der Waals surface area contributed by atoms with Crippen LogP contribution in [0.3, 0.4) is 0 Å². The summed E-state index contributed by atoms with van der Waals surface area (Å²) in [5, 5.41) is 1.14. The number of hydrogen-bond acceptors (Lipinski definition) is 3. The Morgan fingerprint density at radius 2 is 1.57 bits per heavy atom. The van der Waals surface area contributed by atoms with Crippen LogP contribution < -0.4 is 4.43 Å². The van der Waals surface area contributed by atoms with Crippen LogP contribution in [0.25, 0.3) is 0 Å². The van der Waals surface area contributed by atoms with Crippen molar-refractivity contribution in [1.82, 2.24) is 4.98 Å². The average molecular weight is 445 g/mol. The lowest BCUT2D eigenvalue weighted by atomic mass is 10.2. The summed E-state index contributed by atoms with van der Waals surface area (Å²) in [6.45, 7) is 23.5. The lowest BCUT2D eigenvalue weighted by Gasteiger charge is -2.35. The molecule has 0 aliphatic heterocycles. The second-order valence-electron chi connectivity index (χ2n) is 10.2. The highest BCUT2D eigenvalue weighted by molar-refractivity contribution is 7.75. The first-order valence-corrected chi connectivity index (χ1v) is 17.8. The fraction of sp³-hybridized carbons (Fsp3) is 0.870. The monoisotopic (exact) mass is 444 g/mol. The highest BCUT2D eigenvalue weighted by atomic mass is 32.1. The van der Waals surface area contributed by atoms with E-state index >= 15 is 0 Å². The van der Waals surface area contributed by atoms with Crippen molar-refractivity contribution >= 4 is 26.9 Å². The summed E-state index contributed by atoms with van der Waals surface area (Å²) in [6, 6.07) is 0. The summed E-state index contributed by atoms with van der Waals surface area (Å²) in [4.78, 5) is 6.56. The molecule has 0 spiro atoms. The van der Waals surface area contributed by atoms with E-state index in [1.807, 2.05) is 0 Å². The summed E-state index contributed by atoms with van der Waals surface area (Å²) in [5.74, 6) is 0. The first-order valence-electron chi connectivity index (χ1n) is 11.4. The SMILES string of the molecule is CCCC[P+](C)(CCCC)C(CCC)c1nc(O[Si](C)(C)C(C)(C)C)sc1C. The highest BCUT2D eigenvalue weighted by Gasteiger charge is 2.44. The molecule has 0 aliphatic carbocycles. The van der Waals surface area contributed by atoms with Gasteiger partial charge in [-0.05, 0) is 44.3 Å². The van der Waals surface area contributed by atoms with Crippen molar-refractivity contribution in [2.45, 2.75) is 111 Å². The van der Waals surface area contributed by atoms with Crippen LogP contribution in [0.2, 0.25) is 18.1 Å². The first kappa shape index (κ1) is 26.1. The van der Waals surface area contributed by atoms with Crippen molar-refractivity contribution in [3.63, 3.8) is 0 Å². The Labute approximate surface area is 181 Å². The second kappa shape index (κ2) is 10.9. The Kier molecular flexibility index (Phi) is 10.2. The molecule has 0 amide bonds. The zero-order chi connectivity index (χ0) is 21.6. The Bertz CT molecular complexity index is 586. The quantitative estimate of drug-likeness (QED) is 0.237. The van der Waals surface area contributed by atoms with Crippen LogP contribution in [0, 0.1) is 6.92 Å². The summed E-state index contributed by atoms with van der Waals surface area (Å²) in [5.41, 5.74) is 2.03. The van der Waals surface area contributed by atoms with Gasteiger partial charge in [-0.1, -0.05) is 72.1 Å². The van der Waals surface area contributed by atoms with E-state index in [0.29, 0.717) is 5.66 Å². The van der Waals surface area contributed by atoms with Crippen LogP contribution in [0.5, 0.6) is 5.19 Å². The van der Waals surface area contributed by atoms with Gasteiger partial charge in [-0.2, -0.15) is 0 Å². The molecule has 1 atom stereocenters. The summed E-state index contributed by atoms with van der Waals surface area (Å²) in [6.07, 6.45) is 10.7. The third-order valence-corrected chi connectivity index (χ3v) is 16.6. The number of unbranched alkanes of at least 4 members (excludes halogenated alkanes) is 2. The van der Waals surface area contributed by atoms with Crippen LogP contribution in [0.15, 0.2) is 0 Å². The van der Waals surface area contributed by atoms with Crippen molar-refractivity contribution < 1.29 is 4.43 Å². The van der Waals surface area contributed by atoms with Crippen molar-refractivity contribution in [3.05, 3.63) is 10.6 Å². The van der Waals surface area contributed by atoms with Crippen LogP contribution in [-0.4, -0.2) is 32.3 Å². The van der Waals surface area contributed by atoms with E-state index in [-0.39, 0.29) is 5.04 Å². The number of aromatic nitrogens is 1. The molecule has 0 saturated carbocycles. The lowest BCUT2D eigenvalue weighted by Crippen LogP contribution is -2.43. The van der Waals surface area contributed by atoms with Crippen LogP contribution in [-0.2, 0) is 0 Å². The standard InChI is InChI=1S/C23H47NOPSSi/c1-11-14-17-26(8,18-15-12-2)20(16-13-3)21-19(4)27-22(24-21)25-28(9,10)23(5,6)7/h20H,11-18H2,1-10H3/q+1. The van der Waals surface area contributed by atoms with Gasteiger partial charge in [0.15, 0.2) is 0 Å². The normalized spacial score (nSPS) is 14.4. The summed E-state index contributed by atoms with van der Waals surface area (Å²) in [7, 11) is -2.89. The smallest absolute Gasteiger partial charge is 0.260 e. The van der Waals surface area contributed by atoms with E-state index in [0.717, 1.165) is 5.19 Å². The van der Waals surface area contributed by atoms with Gasteiger partial charge in [-0.15, -0.1) is 0 Å². The number of thiazole rings is 1. The Hall–Kier alpha value is 0.0769. The topological polar surface area (TPSA) is 22.1 Å². The van der Waals surface area contributed by atoms with Crippen molar-refractivity contribution in [2.24, 2.45) is 0 Å². The van der Waals surface area contributed by atoms with Gasteiger partial charge in [0, 0.05) is 18.8 Å². The van der Waals surface area contributed by atoms with E-state index < -0.39 is 15.6 Å². The highest BCUT2D eigenvalue weighted by Crippen LogP contribution is 2.69. The molecule has 164 valence electrons. The number of aryl methyl sites for hydroxylation is 1. The molecular formula is C23H47NOPSSi+. The fourth-order valence-electron chi connectivity index (χ4n) is 3.59. The molecule has 0 N–H and O–H groups in total. The van der Waals surface area contributed by atoms with Gasteiger partial charge in [-0.25, -0.2) is 4.98 Å². The van der Waals surface area contributed by atoms with Crippen molar-refractivity contribution in [1.29, 1.82) is 0 Å². The molecule has 1 aromatic rings. The van der Waals surface area contributed by atoms with Gasteiger partial charge in [0.05, 0.1) is 18.0 Å². The molecule has 0 radical (unpaired) electrons. The van der Waals surface area contributed by atoms with E-state index in [2.05, 4.69) is 68.2 Å². The number of hydrogen-bond donors (Lipinski definition) is 0. The molecule has 0 aromatic carbocycles. The lowest BCUT2D eigenvalue weighted by molar-refractivity contribution is 0.487. The largest absolute Gasteiger partial charge is 0.523 e. The minimum absolute atomic E-state index is 0.208. The molecule has 1 rings (SSSR count). The Morgan fingerprint density at radius 3 is 2.00 bits per heavy atom. The maximum absolute atomic E-state index is 6.59. The van der Waals surface area contributed by atoms with Crippen LogP contribution in [0.4, 0.5) is 0 Å². The third kappa shape index (κ3) is 6.81. The van der Waals surface area contributed by atoms with E-state index in [1.54, 1.807) is 11.3 Å². The first-order chi connectivity index (χ1) is 12.9. The van der Waals surface area contributed by atoms with Crippen molar-refractivity contribution in [3.8, 4) is 5.19 Å². The Morgan fingerprint density at radius 1 is 1.04 bits per heavy atom. The summed E-state index contributed by atoms with van der Waals surface area (Å²) >= 11 is 1.79. The molecule has 28 heavy (non-hydrogen) atoms. The third-order valence-electron chi connectivity index (χ3n) is 6.64. The number of nitrogens with zero attached hydrogens (tertiary/aromatic N) is 1. The molecule has 0 bridgehead atoms. The Balaban J connectivity index is 3.24. The molecular weight excluding hydrogens is 397 g/mol. The molecule has 1 unspecified atom stereocenters. The van der Waals surface area contributed by atoms with Gasteiger partial charge in [0.25, 0.3) is 13.5 Å². The minimum atomic E-state index is -1.84. The van der Waals surface area contributed by atoms with Crippen LogP contribution >= 0.6 is 18.6 Å². The minimum Gasteiger partial charge on any atom is -0.523 e. The maximum Gasteiger partial charge on any atom is 0.260 e. The van der Waals surface area contributed by atoms with Gasteiger partial charge in [0.1, 0.15) is 5.66 Å². The molecule has 0 aliphatic rings.